The van der Waals surface area contributed by atoms with Crippen molar-refractivity contribution in [1.82, 2.24) is 4.90 Å². The average molecular weight is 431 g/mol. The molecule has 0 aliphatic carbocycles. The van der Waals surface area contributed by atoms with Crippen LogP contribution in [0.15, 0.2) is 48.5 Å². The average Bonchev–Trinajstić information content (AvgIpc) is 2.75. The van der Waals surface area contributed by atoms with Crippen LogP contribution in [-0.4, -0.2) is 74.8 Å². The number of nitrogens with one attached hydrogen (secondary N) is 2. The number of anilines is 1. The SMILES string of the molecule is O=C(C[NH+]1CCN(c2ccc(O)cc2)CC1)N1CC[NH+](Cc2cccc(Cl)c2)CC1. The minimum atomic E-state index is 0.282. The number of phenolic OH excluding ortho intramolecular Hbond substituents is 1. The third-order valence-electron chi connectivity index (χ3n) is 6.25. The molecule has 4 rings (SSSR count). The molecule has 6 nitrogen and oxygen atoms in total. The predicted molar refractivity (Wildman–Crippen MR) is 118 cm³/mol. The van der Waals surface area contributed by atoms with Crippen LogP contribution in [0, 0.1) is 0 Å². The molecule has 7 heteroatoms. The van der Waals surface area contributed by atoms with Crippen LogP contribution in [0.5, 0.6) is 5.75 Å². The van der Waals surface area contributed by atoms with E-state index in [1.54, 1.807) is 12.1 Å². The highest BCUT2D eigenvalue weighted by atomic mass is 35.5. The fraction of sp³-hybridized carbons (Fsp3) is 0.435. The highest BCUT2D eigenvalue weighted by Gasteiger charge is 2.28. The number of hydrogen-bond acceptors (Lipinski definition) is 3. The maximum Gasteiger partial charge on any atom is 0.278 e. The molecule has 30 heavy (non-hydrogen) atoms. The standard InChI is InChI=1S/C23H29ClN4O2/c24-20-3-1-2-19(16-20)17-25-10-14-28(15-11-25)23(30)18-26-8-12-27(13-9-26)21-4-6-22(29)7-5-21/h1-7,16,29H,8-15,17-18H2/p+2. The first-order valence-electron chi connectivity index (χ1n) is 10.8. The van der Waals surface area contributed by atoms with Crippen LogP contribution >= 0.6 is 11.6 Å². The summed E-state index contributed by atoms with van der Waals surface area (Å²) in [7, 11) is 0. The van der Waals surface area contributed by atoms with Gasteiger partial charge in [0.15, 0.2) is 6.54 Å². The second-order valence-electron chi connectivity index (χ2n) is 8.37. The van der Waals surface area contributed by atoms with Crippen molar-refractivity contribution in [3.63, 3.8) is 0 Å². The van der Waals surface area contributed by atoms with Gasteiger partial charge in [0.2, 0.25) is 0 Å². The zero-order valence-corrected chi connectivity index (χ0v) is 18.1. The Bertz CT molecular complexity index is 845. The molecule has 0 saturated carbocycles. The lowest BCUT2D eigenvalue weighted by Crippen LogP contribution is -3.16. The molecular weight excluding hydrogens is 400 g/mol. The second kappa shape index (κ2) is 9.69. The van der Waals surface area contributed by atoms with Gasteiger partial charge in [-0.15, -0.1) is 0 Å². The Kier molecular flexibility index (Phi) is 6.77. The number of carbonyl (C=O) groups is 1. The van der Waals surface area contributed by atoms with E-state index in [1.165, 1.54) is 15.4 Å². The van der Waals surface area contributed by atoms with Gasteiger partial charge >= 0.3 is 0 Å². The fourth-order valence-corrected chi connectivity index (χ4v) is 4.64. The van der Waals surface area contributed by atoms with Crippen LogP contribution in [0.4, 0.5) is 5.69 Å². The number of benzene rings is 2. The first-order chi connectivity index (χ1) is 14.6. The molecular formula is C23H31ClN4O2+2. The summed E-state index contributed by atoms with van der Waals surface area (Å²) >= 11 is 6.09. The van der Waals surface area contributed by atoms with E-state index < -0.39 is 0 Å². The molecule has 0 atom stereocenters. The summed E-state index contributed by atoms with van der Waals surface area (Å²) in [5, 5.41) is 10.2. The normalized spacial score (nSPS) is 18.6. The number of rotatable bonds is 5. The summed E-state index contributed by atoms with van der Waals surface area (Å²) < 4.78 is 0. The molecule has 2 saturated heterocycles. The lowest BCUT2D eigenvalue weighted by atomic mass is 10.2. The van der Waals surface area contributed by atoms with E-state index in [0.717, 1.165) is 69.6 Å². The number of phenols is 1. The van der Waals surface area contributed by atoms with Gasteiger partial charge in [-0.05, 0) is 36.4 Å². The number of piperazine rings is 2. The largest absolute Gasteiger partial charge is 0.508 e. The third kappa shape index (κ3) is 5.45. The van der Waals surface area contributed by atoms with Crippen molar-refractivity contribution in [3.8, 4) is 5.75 Å². The highest BCUT2D eigenvalue weighted by molar-refractivity contribution is 6.30. The van der Waals surface area contributed by atoms with Gasteiger partial charge in [0, 0.05) is 16.3 Å². The molecule has 0 unspecified atom stereocenters. The molecule has 2 aromatic rings. The molecule has 2 heterocycles. The minimum Gasteiger partial charge on any atom is -0.508 e. The predicted octanol–water partition coefficient (Wildman–Crippen LogP) is -0.322. The lowest BCUT2D eigenvalue weighted by Gasteiger charge is -2.36. The van der Waals surface area contributed by atoms with Crippen LogP contribution in [-0.2, 0) is 11.3 Å². The Morgan fingerprint density at radius 2 is 1.60 bits per heavy atom. The Morgan fingerprint density at radius 1 is 0.933 bits per heavy atom. The summed E-state index contributed by atoms with van der Waals surface area (Å²) in [5.74, 6) is 0.577. The summed E-state index contributed by atoms with van der Waals surface area (Å²) in [4.78, 5) is 20.0. The summed E-state index contributed by atoms with van der Waals surface area (Å²) in [6, 6.07) is 15.4. The maximum atomic E-state index is 12.8. The van der Waals surface area contributed by atoms with E-state index in [9.17, 15) is 9.90 Å². The van der Waals surface area contributed by atoms with Gasteiger partial charge in [0.05, 0.1) is 52.4 Å². The van der Waals surface area contributed by atoms with E-state index >= 15 is 0 Å². The maximum absolute atomic E-state index is 12.8. The number of halogens is 1. The number of quaternary nitrogens is 2. The third-order valence-corrected chi connectivity index (χ3v) is 6.49. The topological polar surface area (TPSA) is 52.7 Å². The van der Waals surface area contributed by atoms with Gasteiger partial charge in [-0.3, -0.25) is 4.79 Å². The van der Waals surface area contributed by atoms with Crippen molar-refractivity contribution in [3.05, 3.63) is 59.1 Å². The van der Waals surface area contributed by atoms with Gasteiger partial charge in [0.25, 0.3) is 5.91 Å². The van der Waals surface area contributed by atoms with Crippen LogP contribution in [0.25, 0.3) is 0 Å². The Balaban J connectivity index is 1.19. The molecule has 160 valence electrons. The molecule has 2 aliphatic heterocycles. The Labute approximate surface area is 183 Å². The fourth-order valence-electron chi connectivity index (χ4n) is 4.43. The second-order valence-corrected chi connectivity index (χ2v) is 8.80. The van der Waals surface area contributed by atoms with Crippen molar-refractivity contribution in [2.45, 2.75) is 6.54 Å². The molecule has 1 amide bonds. The molecule has 0 bridgehead atoms. The first kappa shape index (κ1) is 21.0. The smallest absolute Gasteiger partial charge is 0.278 e. The van der Waals surface area contributed by atoms with Gasteiger partial charge in [-0.1, -0.05) is 23.7 Å². The van der Waals surface area contributed by atoms with Crippen molar-refractivity contribution >= 4 is 23.2 Å². The van der Waals surface area contributed by atoms with E-state index in [2.05, 4.69) is 11.0 Å². The molecule has 3 N–H and O–H groups in total. The Morgan fingerprint density at radius 3 is 2.27 bits per heavy atom. The molecule has 2 aromatic carbocycles. The zero-order valence-electron chi connectivity index (χ0n) is 17.3. The van der Waals surface area contributed by atoms with E-state index in [4.69, 9.17) is 11.6 Å². The molecule has 2 fully saturated rings. The quantitative estimate of drug-likeness (QED) is 0.609. The number of hydrogen-bond donors (Lipinski definition) is 3. The van der Waals surface area contributed by atoms with Gasteiger partial charge in [-0.25, -0.2) is 0 Å². The number of carbonyl (C=O) groups excluding carboxylic acids is 1. The monoisotopic (exact) mass is 430 g/mol. The van der Waals surface area contributed by atoms with E-state index in [1.807, 2.05) is 35.2 Å². The number of aromatic hydroxyl groups is 1. The van der Waals surface area contributed by atoms with Crippen LogP contribution in [0.3, 0.4) is 0 Å². The summed E-state index contributed by atoms with van der Waals surface area (Å²) in [6.07, 6.45) is 0. The van der Waals surface area contributed by atoms with Crippen LogP contribution in [0.2, 0.25) is 5.02 Å². The number of nitrogens with zero attached hydrogens (tertiary/aromatic N) is 2. The molecule has 0 radical (unpaired) electrons. The molecule has 0 aromatic heterocycles. The summed E-state index contributed by atoms with van der Waals surface area (Å²) in [6.45, 7) is 9.00. The van der Waals surface area contributed by atoms with Crippen LogP contribution in [0.1, 0.15) is 5.56 Å². The van der Waals surface area contributed by atoms with Gasteiger partial charge < -0.3 is 24.7 Å². The van der Waals surface area contributed by atoms with Crippen molar-refractivity contribution in [2.24, 2.45) is 0 Å². The minimum absolute atomic E-state index is 0.282. The van der Waals surface area contributed by atoms with Crippen LogP contribution < -0.4 is 14.7 Å². The van der Waals surface area contributed by atoms with Crippen molar-refractivity contribution in [2.75, 3.05) is 63.8 Å². The lowest BCUT2D eigenvalue weighted by molar-refractivity contribution is -0.918. The van der Waals surface area contributed by atoms with Crippen molar-refractivity contribution in [1.29, 1.82) is 0 Å². The first-order valence-corrected chi connectivity index (χ1v) is 11.2. The van der Waals surface area contributed by atoms with Gasteiger partial charge in [0.1, 0.15) is 12.3 Å². The molecule has 0 spiro atoms. The van der Waals surface area contributed by atoms with Crippen molar-refractivity contribution < 1.29 is 19.7 Å². The highest BCUT2D eigenvalue weighted by Crippen LogP contribution is 2.18. The van der Waals surface area contributed by atoms with E-state index in [-0.39, 0.29) is 5.91 Å². The van der Waals surface area contributed by atoms with Gasteiger partial charge in [-0.2, -0.15) is 0 Å². The zero-order chi connectivity index (χ0) is 20.9. The van der Waals surface area contributed by atoms with E-state index in [0.29, 0.717) is 12.3 Å². The summed E-state index contributed by atoms with van der Waals surface area (Å²) in [5.41, 5.74) is 2.39. The number of amides is 1. The molecule has 2 aliphatic rings. The Hall–Kier alpha value is -2.28.